The average Bonchev–Trinajstić information content (AvgIpc) is 2.33. The van der Waals surface area contributed by atoms with Gasteiger partial charge < -0.3 is 0 Å². The molecule has 0 atom stereocenters. The molecule has 0 radical (unpaired) electrons. The molecule has 0 saturated heterocycles. The Bertz CT molecular complexity index is 620. The quantitative estimate of drug-likeness (QED) is 0.666. The van der Waals surface area contributed by atoms with Gasteiger partial charge in [-0.15, -0.1) is 10.2 Å². The van der Waals surface area contributed by atoms with Crippen molar-refractivity contribution in [2.45, 2.75) is 0 Å². The number of nitrogens with one attached hydrogen (secondary N) is 2. The van der Waals surface area contributed by atoms with E-state index in [-0.39, 0.29) is 11.5 Å². The van der Waals surface area contributed by atoms with Crippen LogP contribution in [0.4, 0.5) is 5.95 Å². The van der Waals surface area contributed by atoms with Crippen molar-refractivity contribution in [2.24, 2.45) is 5.10 Å². The molecular formula is C10H7Cl2N5O. The lowest BCUT2D eigenvalue weighted by Crippen LogP contribution is -2.10. The summed E-state index contributed by atoms with van der Waals surface area (Å²) in [6, 6.07) is 5.12. The molecule has 0 aliphatic heterocycles. The van der Waals surface area contributed by atoms with E-state index in [2.05, 4.69) is 25.7 Å². The summed E-state index contributed by atoms with van der Waals surface area (Å²) in [6.45, 7) is 0. The second-order valence-corrected chi connectivity index (χ2v) is 4.00. The summed E-state index contributed by atoms with van der Waals surface area (Å²) in [7, 11) is 0. The van der Waals surface area contributed by atoms with Gasteiger partial charge in [-0.1, -0.05) is 29.3 Å². The van der Waals surface area contributed by atoms with Gasteiger partial charge in [0.15, 0.2) is 0 Å². The number of hydrogen-bond donors (Lipinski definition) is 2. The van der Waals surface area contributed by atoms with Crippen LogP contribution in [0.25, 0.3) is 0 Å². The van der Waals surface area contributed by atoms with Crippen LogP contribution in [-0.2, 0) is 0 Å². The molecule has 0 spiro atoms. The number of rotatable bonds is 3. The van der Waals surface area contributed by atoms with Crippen LogP contribution in [0.1, 0.15) is 5.56 Å². The van der Waals surface area contributed by atoms with Crippen LogP contribution < -0.4 is 11.0 Å². The molecular weight excluding hydrogens is 277 g/mol. The molecule has 0 fully saturated rings. The molecule has 18 heavy (non-hydrogen) atoms. The van der Waals surface area contributed by atoms with E-state index in [0.29, 0.717) is 15.6 Å². The maximum Gasteiger partial charge on any atom is 0.271 e. The van der Waals surface area contributed by atoms with E-state index in [1.807, 2.05) is 0 Å². The summed E-state index contributed by atoms with van der Waals surface area (Å²) in [5.74, 6) is 0.127. The van der Waals surface area contributed by atoms with Gasteiger partial charge in [-0.3, -0.25) is 9.78 Å². The predicted octanol–water partition coefficient (Wildman–Crippen LogP) is 1.92. The molecule has 0 unspecified atom stereocenters. The van der Waals surface area contributed by atoms with Gasteiger partial charge >= 0.3 is 0 Å². The van der Waals surface area contributed by atoms with Crippen molar-refractivity contribution in [3.05, 3.63) is 50.4 Å². The first-order chi connectivity index (χ1) is 8.66. The molecule has 2 rings (SSSR count). The van der Waals surface area contributed by atoms with Crippen LogP contribution in [0.15, 0.2) is 34.3 Å². The third-order valence-electron chi connectivity index (χ3n) is 1.94. The largest absolute Gasteiger partial charge is 0.289 e. The Morgan fingerprint density at radius 3 is 2.72 bits per heavy atom. The Morgan fingerprint density at radius 1 is 1.33 bits per heavy atom. The molecule has 1 aromatic heterocycles. The van der Waals surface area contributed by atoms with E-state index < -0.39 is 0 Å². The topological polar surface area (TPSA) is 83.0 Å². The number of aromatic amines is 1. The normalized spacial score (nSPS) is 10.8. The molecule has 6 nitrogen and oxygen atoms in total. The minimum absolute atomic E-state index is 0.127. The standard InChI is InChI=1S/C10H7Cl2N5O/c11-7-2-1-3-8(12)6(7)4-13-16-10-15-9(18)5-14-17-10/h1-5H,(H2,15,16,17,18). The fourth-order valence-corrected chi connectivity index (χ4v) is 1.65. The SMILES string of the molecule is O=c1cnnc(NN=Cc2c(Cl)cccc2Cl)[nH]1. The summed E-state index contributed by atoms with van der Waals surface area (Å²) in [5, 5.41) is 11.9. The highest BCUT2D eigenvalue weighted by Crippen LogP contribution is 2.22. The highest BCUT2D eigenvalue weighted by molar-refractivity contribution is 6.38. The molecule has 0 bridgehead atoms. The molecule has 0 amide bonds. The van der Waals surface area contributed by atoms with Crippen LogP contribution >= 0.6 is 23.2 Å². The molecule has 8 heteroatoms. The van der Waals surface area contributed by atoms with Crippen molar-refractivity contribution in [3.8, 4) is 0 Å². The maximum atomic E-state index is 10.9. The van der Waals surface area contributed by atoms with Crippen molar-refractivity contribution >= 4 is 35.4 Å². The van der Waals surface area contributed by atoms with Gasteiger partial charge in [0.1, 0.15) is 6.20 Å². The van der Waals surface area contributed by atoms with E-state index in [1.165, 1.54) is 6.21 Å². The zero-order valence-electron chi connectivity index (χ0n) is 8.89. The number of hydrogen-bond acceptors (Lipinski definition) is 5. The van der Waals surface area contributed by atoms with Gasteiger partial charge in [0.05, 0.1) is 16.3 Å². The molecule has 0 aliphatic carbocycles. The van der Waals surface area contributed by atoms with Crippen molar-refractivity contribution < 1.29 is 0 Å². The van der Waals surface area contributed by atoms with Gasteiger partial charge in [0.25, 0.3) is 5.56 Å². The van der Waals surface area contributed by atoms with Gasteiger partial charge in [-0.2, -0.15) is 5.10 Å². The lowest BCUT2D eigenvalue weighted by atomic mass is 10.2. The minimum atomic E-state index is -0.376. The molecule has 1 aromatic carbocycles. The van der Waals surface area contributed by atoms with Gasteiger partial charge in [0, 0.05) is 5.56 Å². The minimum Gasteiger partial charge on any atom is -0.289 e. The number of anilines is 1. The average molecular weight is 284 g/mol. The molecule has 2 aromatic rings. The Labute approximate surface area is 112 Å². The first kappa shape index (κ1) is 12.5. The smallest absolute Gasteiger partial charge is 0.271 e. The van der Waals surface area contributed by atoms with E-state index in [0.717, 1.165) is 6.20 Å². The fourth-order valence-electron chi connectivity index (χ4n) is 1.16. The monoisotopic (exact) mass is 283 g/mol. The molecule has 1 heterocycles. The molecule has 92 valence electrons. The third kappa shape index (κ3) is 3.06. The summed E-state index contributed by atoms with van der Waals surface area (Å²) >= 11 is 11.9. The maximum absolute atomic E-state index is 10.9. The third-order valence-corrected chi connectivity index (χ3v) is 2.60. The van der Waals surface area contributed by atoms with Crippen LogP contribution in [0.5, 0.6) is 0 Å². The Balaban J connectivity index is 2.15. The van der Waals surface area contributed by atoms with Crippen LogP contribution in [0, 0.1) is 0 Å². The lowest BCUT2D eigenvalue weighted by Gasteiger charge is -2.00. The van der Waals surface area contributed by atoms with Gasteiger partial charge in [0.2, 0.25) is 5.95 Å². The molecule has 2 N–H and O–H groups in total. The van der Waals surface area contributed by atoms with Gasteiger partial charge in [-0.05, 0) is 12.1 Å². The number of H-pyrrole nitrogens is 1. The number of halogens is 2. The van der Waals surface area contributed by atoms with E-state index >= 15 is 0 Å². The number of nitrogens with zero attached hydrogens (tertiary/aromatic N) is 3. The summed E-state index contributed by atoms with van der Waals surface area (Å²) in [5.41, 5.74) is 2.70. The highest BCUT2D eigenvalue weighted by atomic mass is 35.5. The number of benzene rings is 1. The number of aromatic nitrogens is 3. The molecule has 0 aliphatic rings. The molecule has 0 saturated carbocycles. The van der Waals surface area contributed by atoms with Gasteiger partial charge in [-0.25, -0.2) is 5.43 Å². The zero-order valence-corrected chi connectivity index (χ0v) is 10.4. The van der Waals surface area contributed by atoms with Crippen molar-refractivity contribution in [3.63, 3.8) is 0 Å². The van der Waals surface area contributed by atoms with Crippen LogP contribution in [0.3, 0.4) is 0 Å². The first-order valence-corrected chi connectivity index (χ1v) is 5.57. The van der Waals surface area contributed by atoms with E-state index in [9.17, 15) is 4.79 Å². The summed E-state index contributed by atoms with van der Waals surface area (Å²) < 4.78 is 0. The lowest BCUT2D eigenvalue weighted by molar-refractivity contribution is 0.939. The highest BCUT2D eigenvalue weighted by Gasteiger charge is 2.01. The van der Waals surface area contributed by atoms with Crippen molar-refractivity contribution in [2.75, 3.05) is 5.43 Å². The summed E-state index contributed by atoms with van der Waals surface area (Å²) in [4.78, 5) is 13.3. The van der Waals surface area contributed by atoms with Crippen LogP contribution in [-0.4, -0.2) is 21.4 Å². The first-order valence-electron chi connectivity index (χ1n) is 4.82. The number of hydrazone groups is 1. The van der Waals surface area contributed by atoms with Crippen molar-refractivity contribution in [1.29, 1.82) is 0 Å². The Morgan fingerprint density at radius 2 is 2.06 bits per heavy atom. The summed E-state index contributed by atoms with van der Waals surface area (Å²) in [6.07, 6.45) is 2.48. The zero-order chi connectivity index (χ0) is 13.0. The predicted molar refractivity (Wildman–Crippen MR) is 70.3 cm³/mol. The second kappa shape index (κ2) is 5.61. The van der Waals surface area contributed by atoms with E-state index in [4.69, 9.17) is 23.2 Å². The van der Waals surface area contributed by atoms with E-state index in [1.54, 1.807) is 18.2 Å². The fraction of sp³-hybridized carbons (Fsp3) is 0. The van der Waals surface area contributed by atoms with Crippen molar-refractivity contribution in [1.82, 2.24) is 15.2 Å². The second-order valence-electron chi connectivity index (χ2n) is 3.19. The van der Waals surface area contributed by atoms with Crippen LogP contribution in [0.2, 0.25) is 10.0 Å². The Kier molecular flexibility index (Phi) is 3.91. The Hall–Kier alpha value is -1.92.